The molecule has 0 bridgehead atoms. The molecule has 0 aromatic carbocycles. The first kappa shape index (κ1) is 12.3. The molecule has 2 N–H and O–H groups in total. The molecule has 6 heteroatoms. The van der Waals surface area contributed by atoms with E-state index in [-0.39, 0.29) is 6.04 Å². The Labute approximate surface area is 86.4 Å². The molecule has 0 aliphatic heterocycles. The largest absolute Gasteiger partial charge is 0.405 e. The van der Waals surface area contributed by atoms with Crippen molar-refractivity contribution in [3.8, 4) is 0 Å². The van der Waals surface area contributed by atoms with Crippen molar-refractivity contribution in [3.05, 3.63) is 0 Å². The minimum Gasteiger partial charge on any atom is -0.346 e. The molecule has 1 atom stereocenters. The van der Waals surface area contributed by atoms with Gasteiger partial charge in [0.1, 0.15) is 6.54 Å². The predicted molar refractivity (Wildman–Crippen MR) is 49.3 cm³/mol. The monoisotopic (exact) mass is 224 g/mol. The first-order chi connectivity index (χ1) is 6.88. The molecule has 1 aliphatic carbocycles. The average Bonchev–Trinajstić information content (AvgIpc) is 2.05. The molecule has 1 rings (SSSR count). The van der Waals surface area contributed by atoms with Crippen molar-refractivity contribution < 1.29 is 18.0 Å². The van der Waals surface area contributed by atoms with E-state index in [4.69, 9.17) is 0 Å². The van der Waals surface area contributed by atoms with E-state index in [1.165, 1.54) is 0 Å². The van der Waals surface area contributed by atoms with Crippen LogP contribution in [0.1, 0.15) is 26.2 Å². The molecular formula is C9H15F3N2O. The second-order valence-electron chi connectivity index (χ2n) is 3.85. The van der Waals surface area contributed by atoms with Crippen molar-refractivity contribution in [2.24, 2.45) is 0 Å². The normalized spacial score (nSPS) is 19.5. The Balaban J connectivity index is 2.20. The van der Waals surface area contributed by atoms with Crippen LogP contribution in [0.4, 0.5) is 13.2 Å². The number of nitrogens with one attached hydrogen (secondary N) is 2. The summed E-state index contributed by atoms with van der Waals surface area (Å²) in [7, 11) is 0. The number of rotatable bonds is 4. The maximum Gasteiger partial charge on any atom is 0.405 e. The molecular weight excluding hydrogens is 209 g/mol. The van der Waals surface area contributed by atoms with Crippen LogP contribution in [0.5, 0.6) is 0 Å². The predicted octanol–water partition coefficient (Wildman–Crippen LogP) is 1.20. The van der Waals surface area contributed by atoms with Crippen LogP contribution in [-0.2, 0) is 4.79 Å². The fourth-order valence-electron chi connectivity index (χ4n) is 1.34. The third kappa shape index (κ3) is 4.51. The number of alkyl halides is 3. The Morgan fingerprint density at radius 1 is 1.47 bits per heavy atom. The lowest BCUT2D eigenvalue weighted by atomic mass is 9.92. The summed E-state index contributed by atoms with van der Waals surface area (Å²) in [5.74, 6) is -0.598. The van der Waals surface area contributed by atoms with Gasteiger partial charge in [-0.25, -0.2) is 0 Å². The van der Waals surface area contributed by atoms with E-state index in [9.17, 15) is 18.0 Å². The van der Waals surface area contributed by atoms with Gasteiger partial charge in [0, 0.05) is 6.04 Å². The average molecular weight is 224 g/mol. The van der Waals surface area contributed by atoms with Crippen LogP contribution >= 0.6 is 0 Å². The minimum absolute atomic E-state index is 0.289. The molecule has 88 valence electrons. The maximum absolute atomic E-state index is 11.8. The van der Waals surface area contributed by atoms with Gasteiger partial charge in [0.2, 0.25) is 5.91 Å². The lowest BCUT2D eigenvalue weighted by Gasteiger charge is -2.29. The Morgan fingerprint density at radius 2 is 2.07 bits per heavy atom. The lowest BCUT2D eigenvalue weighted by Crippen LogP contribution is -2.50. The molecule has 1 fully saturated rings. The first-order valence-corrected chi connectivity index (χ1v) is 4.99. The van der Waals surface area contributed by atoms with E-state index in [1.54, 1.807) is 6.92 Å². The van der Waals surface area contributed by atoms with Crippen molar-refractivity contribution in [1.82, 2.24) is 10.6 Å². The van der Waals surface area contributed by atoms with Gasteiger partial charge in [0.05, 0.1) is 6.04 Å². The van der Waals surface area contributed by atoms with Gasteiger partial charge >= 0.3 is 6.18 Å². The molecule has 1 saturated carbocycles. The number of hydrogen-bond donors (Lipinski definition) is 2. The van der Waals surface area contributed by atoms with Crippen molar-refractivity contribution in [1.29, 1.82) is 0 Å². The summed E-state index contributed by atoms with van der Waals surface area (Å²) in [5, 5.41) is 4.82. The highest BCUT2D eigenvalue weighted by Gasteiger charge is 2.29. The summed E-state index contributed by atoms with van der Waals surface area (Å²) in [4.78, 5) is 11.2. The van der Waals surface area contributed by atoms with Gasteiger partial charge in [-0.05, 0) is 19.8 Å². The van der Waals surface area contributed by atoms with Crippen LogP contribution in [0, 0.1) is 0 Å². The topological polar surface area (TPSA) is 41.1 Å². The number of carbonyl (C=O) groups is 1. The Bertz CT molecular complexity index is 226. The van der Waals surface area contributed by atoms with Gasteiger partial charge in [-0.1, -0.05) is 6.42 Å². The summed E-state index contributed by atoms with van der Waals surface area (Å²) < 4.78 is 35.4. The van der Waals surface area contributed by atoms with Gasteiger partial charge in [-0.2, -0.15) is 13.2 Å². The zero-order valence-electron chi connectivity index (χ0n) is 8.53. The van der Waals surface area contributed by atoms with Gasteiger partial charge in [0.15, 0.2) is 0 Å². The fraction of sp³-hybridized carbons (Fsp3) is 0.889. The highest BCUT2D eigenvalue weighted by molar-refractivity contribution is 5.81. The molecule has 0 spiro atoms. The van der Waals surface area contributed by atoms with Crippen molar-refractivity contribution >= 4 is 5.91 Å². The Hall–Kier alpha value is -0.780. The molecule has 0 aromatic rings. The number of carbonyl (C=O) groups excluding carboxylic acids is 1. The van der Waals surface area contributed by atoms with Crippen LogP contribution < -0.4 is 10.6 Å². The van der Waals surface area contributed by atoms with E-state index in [0.717, 1.165) is 19.3 Å². The zero-order valence-corrected chi connectivity index (χ0v) is 8.53. The standard InChI is InChI=1S/C9H15F3N2O/c1-6(14-7-3-2-4-7)8(15)13-5-9(10,11)12/h6-7,14H,2-5H2,1H3,(H,13,15). The summed E-state index contributed by atoms with van der Waals surface area (Å²) in [6, 6.07) is -0.269. The van der Waals surface area contributed by atoms with Crippen LogP contribution in [0.15, 0.2) is 0 Å². The molecule has 0 radical (unpaired) electrons. The highest BCUT2D eigenvalue weighted by atomic mass is 19.4. The third-order valence-corrected chi connectivity index (χ3v) is 2.45. The number of hydrogen-bond acceptors (Lipinski definition) is 2. The molecule has 1 aliphatic rings. The molecule has 15 heavy (non-hydrogen) atoms. The second kappa shape index (κ2) is 4.83. The van der Waals surface area contributed by atoms with Gasteiger partial charge in [-0.15, -0.1) is 0 Å². The van der Waals surface area contributed by atoms with Crippen LogP contribution in [-0.4, -0.2) is 30.7 Å². The molecule has 0 heterocycles. The van der Waals surface area contributed by atoms with E-state index in [2.05, 4.69) is 5.32 Å². The summed E-state index contributed by atoms with van der Waals surface area (Å²) >= 11 is 0. The first-order valence-electron chi connectivity index (χ1n) is 4.99. The van der Waals surface area contributed by atoms with Crippen LogP contribution in [0.25, 0.3) is 0 Å². The fourth-order valence-corrected chi connectivity index (χ4v) is 1.34. The number of halogens is 3. The van der Waals surface area contributed by atoms with Crippen molar-refractivity contribution in [3.63, 3.8) is 0 Å². The summed E-state index contributed by atoms with van der Waals surface area (Å²) in [6.07, 6.45) is -1.23. The van der Waals surface area contributed by atoms with Crippen molar-refractivity contribution in [2.75, 3.05) is 6.54 Å². The van der Waals surface area contributed by atoms with Gasteiger partial charge < -0.3 is 10.6 Å². The minimum atomic E-state index is -4.34. The molecule has 3 nitrogen and oxygen atoms in total. The Morgan fingerprint density at radius 3 is 2.47 bits per heavy atom. The quantitative estimate of drug-likeness (QED) is 0.753. The SMILES string of the molecule is CC(NC1CCC1)C(=O)NCC(F)(F)F. The van der Waals surface area contributed by atoms with E-state index < -0.39 is 24.7 Å². The molecule has 1 unspecified atom stereocenters. The van der Waals surface area contributed by atoms with E-state index in [1.807, 2.05) is 5.32 Å². The molecule has 1 amide bonds. The van der Waals surface area contributed by atoms with E-state index in [0.29, 0.717) is 0 Å². The maximum atomic E-state index is 11.8. The highest BCUT2D eigenvalue weighted by Crippen LogP contribution is 2.18. The van der Waals surface area contributed by atoms with Crippen molar-refractivity contribution in [2.45, 2.75) is 44.4 Å². The summed E-state index contributed by atoms with van der Waals surface area (Å²) in [6.45, 7) is 0.312. The van der Waals surface area contributed by atoms with Crippen LogP contribution in [0.3, 0.4) is 0 Å². The summed E-state index contributed by atoms with van der Waals surface area (Å²) in [5.41, 5.74) is 0. The van der Waals surface area contributed by atoms with E-state index >= 15 is 0 Å². The molecule has 0 saturated heterocycles. The third-order valence-electron chi connectivity index (χ3n) is 2.45. The lowest BCUT2D eigenvalue weighted by molar-refractivity contribution is -0.139. The van der Waals surface area contributed by atoms with Gasteiger partial charge in [0.25, 0.3) is 0 Å². The number of amides is 1. The second-order valence-corrected chi connectivity index (χ2v) is 3.85. The zero-order chi connectivity index (χ0) is 11.5. The van der Waals surface area contributed by atoms with Crippen LogP contribution in [0.2, 0.25) is 0 Å². The van der Waals surface area contributed by atoms with Gasteiger partial charge in [-0.3, -0.25) is 4.79 Å². The smallest absolute Gasteiger partial charge is 0.346 e. The molecule has 0 aromatic heterocycles. The Kier molecular flexibility index (Phi) is 3.96.